The van der Waals surface area contributed by atoms with E-state index in [0.717, 1.165) is 0 Å². The molecule has 1 aliphatic heterocycles. The number of benzene rings is 2. The summed E-state index contributed by atoms with van der Waals surface area (Å²) < 4.78 is 48.3. The minimum atomic E-state index is -2.51. The van der Waals surface area contributed by atoms with Crippen LogP contribution < -0.4 is 15.4 Å². The molecule has 3 aromatic rings. The predicted octanol–water partition coefficient (Wildman–Crippen LogP) is 3.28. The lowest BCUT2D eigenvalue weighted by Crippen LogP contribution is -2.27. The Hall–Kier alpha value is -3.32. The van der Waals surface area contributed by atoms with E-state index in [1.165, 1.54) is 24.5 Å². The SMILES string of the molecule is CN(C)CC(CC(=O)Nc1cc2c(Nc3ccc(F)c(Cl)c3)ncnc2cc1O[C@H]1CCOC1)=S(=O)=O. The van der Waals surface area contributed by atoms with E-state index in [4.69, 9.17) is 21.1 Å². The Balaban J connectivity index is 1.69. The summed E-state index contributed by atoms with van der Waals surface area (Å²) in [4.78, 5) is 23.2. The standard InChI is InChI=1S/C24H25ClFN5O5S/c1-31(2)11-16(37(33)34)8-23(32)30-21-9-17-20(10-22(21)36-15-5-6-35-12-15)27-13-28-24(17)29-14-3-4-19(26)18(25)7-14/h3-4,7,9-10,13,15H,5-6,8,11-12H2,1-2H3,(H,30,32)(H,27,28,29)/t15-/m0/s1. The molecule has 0 spiro atoms. The number of amides is 1. The molecule has 0 aliphatic carbocycles. The molecule has 0 bridgehead atoms. The molecule has 1 fully saturated rings. The van der Waals surface area contributed by atoms with Crippen LogP contribution in [-0.2, 0) is 19.8 Å². The minimum absolute atomic E-state index is 0.0497. The van der Waals surface area contributed by atoms with Crippen molar-refractivity contribution in [1.82, 2.24) is 14.9 Å². The van der Waals surface area contributed by atoms with Gasteiger partial charge in [-0.2, -0.15) is 8.42 Å². The van der Waals surface area contributed by atoms with E-state index in [9.17, 15) is 17.6 Å². The Morgan fingerprint density at radius 1 is 1.27 bits per heavy atom. The maximum absolute atomic E-state index is 13.6. The molecule has 2 aromatic carbocycles. The normalized spacial score (nSPS) is 15.1. The maximum Gasteiger partial charge on any atom is 0.229 e. The zero-order valence-electron chi connectivity index (χ0n) is 20.1. The van der Waals surface area contributed by atoms with Gasteiger partial charge in [-0.15, -0.1) is 0 Å². The molecule has 1 aromatic heterocycles. The smallest absolute Gasteiger partial charge is 0.229 e. The Bertz CT molecular complexity index is 1450. The van der Waals surface area contributed by atoms with Crippen LogP contribution in [0.15, 0.2) is 36.7 Å². The molecule has 2 heterocycles. The molecule has 1 aliphatic rings. The number of carbonyl (C=O) groups excluding carboxylic acids is 1. The van der Waals surface area contributed by atoms with Gasteiger partial charge in [0.25, 0.3) is 0 Å². The van der Waals surface area contributed by atoms with Crippen LogP contribution in [0.3, 0.4) is 0 Å². The third kappa shape index (κ3) is 6.92. The van der Waals surface area contributed by atoms with Gasteiger partial charge in [-0.3, -0.25) is 4.79 Å². The number of carbonyl (C=O) groups is 1. The molecule has 4 rings (SSSR count). The van der Waals surface area contributed by atoms with Crippen molar-refractivity contribution in [2.75, 3.05) is 44.5 Å². The van der Waals surface area contributed by atoms with E-state index >= 15 is 0 Å². The average molecular weight is 550 g/mol. The number of halogens is 2. The summed E-state index contributed by atoms with van der Waals surface area (Å²) in [6.45, 7) is 1.09. The fraction of sp³-hybridized carbons (Fsp3) is 0.333. The third-order valence-electron chi connectivity index (χ3n) is 5.46. The van der Waals surface area contributed by atoms with Crippen molar-refractivity contribution in [2.45, 2.75) is 18.9 Å². The third-order valence-corrected chi connectivity index (χ3v) is 6.50. The second kappa shape index (κ2) is 11.8. The van der Waals surface area contributed by atoms with Crippen LogP contribution in [0.2, 0.25) is 5.02 Å². The summed E-state index contributed by atoms with van der Waals surface area (Å²) in [6.07, 6.45) is 1.52. The Morgan fingerprint density at radius 3 is 2.76 bits per heavy atom. The molecule has 1 amide bonds. The van der Waals surface area contributed by atoms with Gasteiger partial charge in [0.15, 0.2) is 0 Å². The number of nitrogens with one attached hydrogen (secondary N) is 2. The summed E-state index contributed by atoms with van der Waals surface area (Å²) in [5.41, 5.74) is 1.35. The van der Waals surface area contributed by atoms with E-state index < -0.39 is 22.0 Å². The summed E-state index contributed by atoms with van der Waals surface area (Å²) in [7, 11) is 0.915. The number of hydrogen-bond donors (Lipinski definition) is 2. The molecule has 37 heavy (non-hydrogen) atoms. The zero-order valence-corrected chi connectivity index (χ0v) is 21.7. The molecule has 0 radical (unpaired) electrons. The Morgan fingerprint density at radius 2 is 2.08 bits per heavy atom. The van der Waals surface area contributed by atoms with Crippen molar-refractivity contribution in [2.24, 2.45) is 0 Å². The largest absolute Gasteiger partial charge is 0.486 e. The first kappa shape index (κ1) is 26.7. The highest BCUT2D eigenvalue weighted by molar-refractivity contribution is 7.73. The number of rotatable bonds is 9. The second-order valence-corrected chi connectivity index (χ2v) is 10.1. The fourth-order valence-corrected chi connectivity index (χ4v) is 4.56. The number of nitrogens with zero attached hydrogens (tertiary/aromatic N) is 3. The highest BCUT2D eigenvalue weighted by Gasteiger charge is 2.21. The van der Waals surface area contributed by atoms with Crippen molar-refractivity contribution in [3.8, 4) is 5.75 Å². The van der Waals surface area contributed by atoms with Crippen molar-refractivity contribution in [3.63, 3.8) is 0 Å². The first-order chi connectivity index (χ1) is 17.7. The van der Waals surface area contributed by atoms with E-state index in [2.05, 4.69) is 20.6 Å². The highest BCUT2D eigenvalue weighted by atomic mass is 35.5. The second-order valence-electron chi connectivity index (χ2n) is 8.68. The van der Waals surface area contributed by atoms with Crippen molar-refractivity contribution >= 4 is 60.8 Å². The van der Waals surface area contributed by atoms with Crippen LogP contribution >= 0.6 is 11.6 Å². The van der Waals surface area contributed by atoms with Crippen LogP contribution in [0.4, 0.5) is 21.6 Å². The molecule has 1 saturated heterocycles. The molecule has 2 N–H and O–H groups in total. The van der Waals surface area contributed by atoms with Gasteiger partial charge in [-0.1, -0.05) is 11.6 Å². The van der Waals surface area contributed by atoms with Crippen LogP contribution in [0.5, 0.6) is 5.75 Å². The molecule has 196 valence electrons. The van der Waals surface area contributed by atoms with E-state index in [-0.39, 0.29) is 29.0 Å². The first-order valence-electron chi connectivity index (χ1n) is 11.3. The molecule has 0 unspecified atom stereocenters. The summed E-state index contributed by atoms with van der Waals surface area (Å²) >= 11 is 5.91. The van der Waals surface area contributed by atoms with Gasteiger partial charge in [-0.25, -0.2) is 14.4 Å². The molecular weight excluding hydrogens is 525 g/mol. The first-order valence-corrected chi connectivity index (χ1v) is 12.8. The summed E-state index contributed by atoms with van der Waals surface area (Å²) in [5.74, 6) is -0.320. The van der Waals surface area contributed by atoms with Gasteiger partial charge in [0.1, 0.15) is 29.8 Å². The lowest BCUT2D eigenvalue weighted by Gasteiger charge is -2.18. The average Bonchev–Trinajstić information content (AvgIpc) is 3.34. The monoisotopic (exact) mass is 549 g/mol. The quantitative estimate of drug-likeness (QED) is 0.387. The highest BCUT2D eigenvalue weighted by Crippen LogP contribution is 2.35. The lowest BCUT2D eigenvalue weighted by atomic mass is 10.1. The van der Waals surface area contributed by atoms with Crippen LogP contribution in [0.25, 0.3) is 10.9 Å². The van der Waals surface area contributed by atoms with Gasteiger partial charge in [-0.05, 0) is 38.4 Å². The van der Waals surface area contributed by atoms with E-state index in [1.54, 1.807) is 31.1 Å². The molecular formula is C24H25ClFN5O5S. The van der Waals surface area contributed by atoms with Crippen molar-refractivity contribution in [3.05, 3.63) is 47.5 Å². The van der Waals surface area contributed by atoms with Crippen molar-refractivity contribution in [1.29, 1.82) is 0 Å². The Labute approximate surface area is 219 Å². The van der Waals surface area contributed by atoms with Crippen LogP contribution in [0.1, 0.15) is 12.8 Å². The Kier molecular flexibility index (Phi) is 8.54. The number of ether oxygens (including phenoxy) is 2. The number of aromatic nitrogens is 2. The minimum Gasteiger partial charge on any atom is -0.486 e. The van der Waals surface area contributed by atoms with Gasteiger partial charge < -0.3 is 25.0 Å². The van der Waals surface area contributed by atoms with Crippen LogP contribution in [-0.4, -0.2) is 74.0 Å². The summed E-state index contributed by atoms with van der Waals surface area (Å²) in [5, 5.41) is 6.35. The van der Waals surface area contributed by atoms with Gasteiger partial charge in [0.05, 0.1) is 40.7 Å². The van der Waals surface area contributed by atoms with E-state index in [0.29, 0.717) is 53.5 Å². The van der Waals surface area contributed by atoms with Gasteiger partial charge in [0, 0.05) is 30.1 Å². The van der Waals surface area contributed by atoms with Crippen LogP contribution in [0, 0.1) is 5.82 Å². The molecule has 0 saturated carbocycles. The maximum atomic E-state index is 13.6. The van der Waals surface area contributed by atoms with Crippen molar-refractivity contribution < 1.29 is 27.1 Å². The fourth-order valence-electron chi connectivity index (χ4n) is 3.77. The molecule has 10 nitrogen and oxygen atoms in total. The molecule has 1 atom stereocenters. The van der Waals surface area contributed by atoms with Gasteiger partial charge >= 0.3 is 0 Å². The zero-order chi connectivity index (χ0) is 26.5. The van der Waals surface area contributed by atoms with Gasteiger partial charge in [0.2, 0.25) is 16.2 Å². The van der Waals surface area contributed by atoms with E-state index in [1.807, 2.05) is 0 Å². The topological polar surface area (TPSA) is 123 Å². The summed E-state index contributed by atoms with van der Waals surface area (Å²) in [6, 6.07) is 7.49. The number of hydrogen-bond acceptors (Lipinski definition) is 9. The number of fused-ring (bicyclic) bond motifs is 1. The number of anilines is 3. The molecule has 13 heteroatoms. The lowest BCUT2D eigenvalue weighted by molar-refractivity contribution is -0.115. The predicted molar refractivity (Wildman–Crippen MR) is 140 cm³/mol.